The molecule has 188 valence electrons. The van der Waals surface area contributed by atoms with Crippen molar-refractivity contribution in [1.82, 2.24) is 14.8 Å². The molecule has 2 aromatic heterocycles. The van der Waals surface area contributed by atoms with Crippen molar-refractivity contribution in [1.29, 1.82) is 0 Å². The quantitative estimate of drug-likeness (QED) is 0.322. The smallest absolute Gasteiger partial charge is 0.418 e. The Bertz CT molecular complexity index is 1420. The minimum absolute atomic E-state index is 0.104. The normalized spacial score (nSPS) is 11.5. The van der Waals surface area contributed by atoms with E-state index < -0.39 is 23.0 Å². The van der Waals surface area contributed by atoms with Crippen LogP contribution < -0.4 is 16.2 Å². The van der Waals surface area contributed by atoms with Crippen LogP contribution in [0.2, 0.25) is 0 Å². The molecule has 0 aliphatic heterocycles. The van der Waals surface area contributed by atoms with Crippen molar-refractivity contribution in [3.63, 3.8) is 0 Å². The maximum Gasteiger partial charge on any atom is 0.418 e. The summed E-state index contributed by atoms with van der Waals surface area (Å²) in [4.78, 5) is 17.2. The second-order valence-corrected chi connectivity index (χ2v) is 8.02. The van der Waals surface area contributed by atoms with Crippen molar-refractivity contribution in [2.75, 3.05) is 30.3 Å². The molecule has 0 aliphatic rings. The maximum atomic E-state index is 13.9. The third-order valence-electron chi connectivity index (χ3n) is 5.34. The number of hydrogen-bond donors (Lipinski definition) is 3. The zero-order chi connectivity index (χ0) is 25.9. The van der Waals surface area contributed by atoms with E-state index in [9.17, 15) is 18.0 Å². The van der Waals surface area contributed by atoms with Gasteiger partial charge in [0.05, 0.1) is 29.7 Å². The molecule has 2 aromatic carbocycles. The Labute approximate surface area is 204 Å². The molecule has 0 spiro atoms. The molecule has 0 bridgehead atoms. The molecular weight excluding hydrogens is 475 g/mol. The second kappa shape index (κ2) is 10.2. The summed E-state index contributed by atoms with van der Waals surface area (Å²) in [5.74, 6) is 0.516. The number of aryl methyl sites for hydroxylation is 1. The second-order valence-electron chi connectivity index (χ2n) is 8.02. The van der Waals surface area contributed by atoms with Crippen molar-refractivity contribution in [3.05, 3.63) is 76.5 Å². The van der Waals surface area contributed by atoms with Gasteiger partial charge < -0.3 is 20.2 Å². The first-order valence-electron chi connectivity index (χ1n) is 11.2. The molecule has 0 radical (unpaired) electrons. The van der Waals surface area contributed by atoms with Crippen LogP contribution in [0.15, 0.2) is 64.3 Å². The first-order chi connectivity index (χ1) is 17.2. The molecule has 3 N–H and O–H groups in total. The summed E-state index contributed by atoms with van der Waals surface area (Å²) in [6.45, 7) is 3.93. The number of oxazole rings is 1. The molecule has 0 amide bonds. The minimum atomic E-state index is -4.73. The molecule has 11 heteroatoms. The molecular formula is C25H24F3N5O3. The highest BCUT2D eigenvalue weighted by Crippen LogP contribution is 2.35. The number of aromatic nitrogens is 3. The lowest BCUT2D eigenvalue weighted by Gasteiger charge is -2.18. The summed E-state index contributed by atoms with van der Waals surface area (Å²) in [5.41, 5.74) is 0.666. The van der Waals surface area contributed by atoms with Crippen LogP contribution in [0.25, 0.3) is 28.3 Å². The number of benzene rings is 2. The molecule has 0 atom stereocenters. The van der Waals surface area contributed by atoms with E-state index in [-0.39, 0.29) is 24.5 Å². The number of aliphatic hydroxyl groups is 1. The van der Waals surface area contributed by atoms with E-state index in [2.05, 4.69) is 20.7 Å². The van der Waals surface area contributed by atoms with Crippen molar-refractivity contribution >= 4 is 11.4 Å². The largest absolute Gasteiger partial charge is 0.444 e. The zero-order valence-corrected chi connectivity index (χ0v) is 19.6. The van der Waals surface area contributed by atoms with E-state index in [4.69, 9.17) is 9.52 Å². The van der Waals surface area contributed by atoms with Gasteiger partial charge in [-0.25, -0.2) is 4.98 Å². The van der Waals surface area contributed by atoms with Crippen LogP contribution in [-0.4, -0.2) is 39.6 Å². The lowest BCUT2D eigenvalue weighted by Crippen LogP contribution is -2.27. The first-order valence-corrected chi connectivity index (χ1v) is 11.2. The third kappa shape index (κ3) is 5.25. The number of aliphatic hydroxyl groups excluding tert-OH is 1. The predicted molar refractivity (Wildman–Crippen MR) is 130 cm³/mol. The Morgan fingerprint density at radius 2 is 1.86 bits per heavy atom. The number of nitrogens with zero attached hydrogens (tertiary/aromatic N) is 3. The van der Waals surface area contributed by atoms with Gasteiger partial charge >= 0.3 is 6.18 Å². The Morgan fingerprint density at radius 1 is 1.08 bits per heavy atom. The molecule has 0 fully saturated rings. The van der Waals surface area contributed by atoms with Gasteiger partial charge in [-0.3, -0.25) is 4.79 Å². The van der Waals surface area contributed by atoms with Gasteiger partial charge in [-0.2, -0.15) is 23.0 Å². The van der Waals surface area contributed by atoms with Crippen molar-refractivity contribution < 1.29 is 22.7 Å². The molecule has 0 unspecified atom stereocenters. The van der Waals surface area contributed by atoms with Gasteiger partial charge in [0.1, 0.15) is 5.69 Å². The number of halogens is 3. The average Bonchev–Trinajstić information content (AvgIpc) is 3.38. The van der Waals surface area contributed by atoms with E-state index in [1.165, 1.54) is 24.6 Å². The zero-order valence-electron chi connectivity index (χ0n) is 19.6. The Morgan fingerprint density at radius 3 is 2.53 bits per heavy atom. The average molecular weight is 499 g/mol. The molecule has 2 heterocycles. The molecule has 36 heavy (non-hydrogen) atoms. The van der Waals surface area contributed by atoms with Gasteiger partial charge in [-0.05, 0) is 61.9 Å². The van der Waals surface area contributed by atoms with Crippen LogP contribution in [-0.2, 0) is 6.18 Å². The van der Waals surface area contributed by atoms with E-state index in [1.54, 1.807) is 19.2 Å². The third-order valence-corrected chi connectivity index (χ3v) is 5.34. The molecule has 8 nitrogen and oxygen atoms in total. The van der Waals surface area contributed by atoms with Crippen molar-refractivity contribution in [2.45, 2.75) is 20.0 Å². The Kier molecular flexibility index (Phi) is 7.11. The highest BCUT2D eigenvalue weighted by atomic mass is 19.4. The summed E-state index contributed by atoms with van der Waals surface area (Å²) in [6.07, 6.45) is -1.88. The van der Waals surface area contributed by atoms with E-state index in [1.807, 2.05) is 19.1 Å². The predicted octanol–water partition coefficient (Wildman–Crippen LogP) is 4.72. The van der Waals surface area contributed by atoms with Crippen LogP contribution in [0.1, 0.15) is 18.1 Å². The summed E-state index contributed by atoms with van der Waals surface area (Å²) in [5, 5.41) is 19.2. The molecule has 0 saturated carbocycles. The van der Waals surface area contributed by atoms with Crippen LogP contribution >= 0.6 is 0 Å². The summed E-state index contributed by atoms with van der Waals surface area (Å²) >= 11 is 0. The maximum absolute atomic E-state index is 13.9. The Hall–Kier alpha value is -4.12. The van der Waals surface area contributed by atoms with Crippen molar-refractivity contribution in [3.8, 4) is 28.3 Å². The number of rotatable bonds is 8. The van der Waals surface area contributed by atoms with E-state index in [0.29, 0.717) is 29.1 Å². The van der Waals surface area contributed by atoms with Gasteiger partial charge in [0.15, 0.2) is 12.2 Å². The van der Waals surface area contributed by atoms with Crippen molar-refractivity contribution in [2.24, 2.45) is 0 Å². The van der Waals surface area contributed by atoms with Crippen LogP contribution in [0, 0.1) is 6.92 Å². The monoisotopic (exact) mass is 499 g/mol. The van der Waals surface area contributed by atoms with Gasteiger partial charge in [0.2, 0.25) is 0 Å². The topological polar surface area (TPSA) is 105 Å². The highest BCUT2D eigenvalue weighted by molar-refractivity contribution is 5.71. The van der Waals surface area contributed by atoms with E-state index in [0.717, 1.165) is 16.3 Å². The molecule has 4 rings (SSSR count). The first kappa shape index (κ1) is 25.0. The minimum Gasteiger partial charge on any atom is -0.444 e. The summed E-state index contributed by atoms with van der Waals surface area (Å²) < 4.78 is 48.0. The number of anilines is 2. The van der Waals surface area contributed by atoms with Crippen LogP contribution in [0.5, 0.6) is 0 Å². The van der Waals surface area contributed by atoms with Gasteiger partial charge in [-0.15, -0.1) is 0 Å². The number of hydrogen-bond acceptors (Lipinski definition) is 7. The molecule has 4 aromatic rings. The lowest BCUT2D eigenvalue weighted by atomic mass is 10.0. The standard InChI is InChI=1S/C25H24F3N5O3/c1-3-30-21-12-20(16-8-15(2)9-17(10-16)23-13-29-14-36-23)32-33(24(21)35)22-11-18(31-6-7-34)4-5-19(22)25(26,27)28/h4-5,8-14,30-31,34H,3,6-7H2,1-2H3. The fourth-order valence-corrected chi connectivity index (χ4v) is 3.80. The molecule has 0 saturated heterocycles. The number of alkyl halides is 3. The van der Waals surface area contributed by atoms with Crippen LogP contribution in [0.3, 0.4) is 0 Å². The fourth-order valence-electron chi connectivity index (χ4n) is 3.80. The highest BCUT2D eigenvalue weighted by Gasteiger charge is 2.35. The fraction of sp³-hybridized carbons (Fsp3) is 0.240. The van der Waals surface area contributed by atoms with Gasteiger partial charge in [0.25, 0.3) is 5.56 Å². The van der Waals surface area contributed by atoms with Gasteiger partial charge in [-0.1, -0.05) is 0 Å². The van der Waals surface area contributed by atoms with Crippen LogP contribution in [0.4, 0.5) is 24.5 Å². The SMILES string of the molecule is CCNc1cc(-c2cc(C)cc(-c3cnco3)c2)nn(-c2cc(NCCO)ccc2C(F)(F)F)c1=O. The summed E-state index contributed by atoms with van der Waals surface area (Å²) in [6, 6.07) is 10.3. The summed E-state index contributed by atoms with van der Waals surface area (Å²) in [7, 11) is 0. The van der Waals surface area contributed by atoms with E-state index >= 15 is 0 Å². The lowest BCUT2D eigenvalue weighted by molar-refractivity contribution is -0.137. The number of nitrogens with one attached hydrogen (secondary N) is 2. The Balaban J connectivity index is 1.95. The van der Waals surface area contributed by atoms with Gasteiger partial charge in [0, 0.05) is 29.9 Å². The molecule has 0 aliphatic carbocycles.